The summed E-state index contributed by atoms with van der Waals surface area (Å²) in [4.78, 5) is 31.8. The normalized spacial score (nSPS) is 17.8. The lowest BCUT2D eigenvalue weighted by Crippen LogP contribution is -2.34. The molecule has 184 valence electrons. The van der Waals surface area contributed by atoms with E-state index in [1.54, 1.807) is 10.9 Å². The molecule has 0 spiro atoms. The van der Waals surface area contributed by atoms with Crippen molar-refractivity contribution in [1.82, 2.24) is 4.98 Å². The first-order valence-corrected chi connectivity index (χ1v) is 13.7. The first-order valence-electron chi connectivity index (χ1n) is 11.9. The van der Waals surface area contributed by atoms with E-state index in [2.05, 4.69) is 42.6 Å². The monoisotopic (exact) mass is 509 g/mol. The Labute approximate surface area is 214 Å². The van der Waals surface area contributed by atoms with Crippen LogP contribution in [0.3, 0.4) is 0 Å². The number of anilines is 2. The van der Waals surface area contributed by atoms with Crippen molar-refractivity contribution in [2.75, 3.05) is 10.2 Å². The highest BCUT2D eigenvalue weighted by molar-refractivity contribution is 7.18. The van der Waals surface area contributed by atoms with Crippen LogP contribution in [0.25, 0.3) is 10.4 Å². The van der Waals surface area contributed by atoms with Gasteiger partial charge in [0.25, 0.3) is 5.91 Å². The Morgan fingerprint density at radius 1 is 1.17 bits per heavy atom. The maximum absolute atomic E-state index is 12.3. The number of benzene rings is 1. The lowest BCUT2D eigenvalue weighted by molar-refractivity contribution is 0.0702. The van der Waals surface area contributed by atoms with E-state index in [0.717, 1.165) is 34.9 Å². The van der Waals surface area contributed by atoms with Crippen molar-refractivity contribution in [2.45, 2.75) is 52.5 Å². The zero-order chi connectivity index (χ0) is 25.1. The smallest absolute Gasteiger partial charge is 0.348 e. The highest BCUT2D eigenvalue weighted by atomic mass is 32.1. The van der Waals surface area contributed by atoms with Crippen LogP contribution in [-0.4, -0.2) is 28.0 Å². The molecule has 0 radical (unpaired) electrons. The van der Waals surface area contributed by atoms with Crippen molar-refractivity contribution in [3.63, 3.8) is 0 Å². The van der Waals surface area contributed by atoms with Gasteiger partial charge in [-0.15, -0.1) is 22.7 Å². The van der Waals surface area contributed by atoms with E-state index in [-0.39, 0.29) is 11.9 Å². The molecule has 1 saturated carbocycles. The molecule has 0 saturated heterocycles. The Bertz CT molecular complexity index is 1190. The van der Waals surface area contributed by atoms with Crippen molar-refractivity contribution < 1.29 is 14.7 Å². The highest BCUT2D eigenvalue weighted by Gasteiger charge is 2.29. The number of aromatic nitrogens is 1. The van der Waals surface area contributed by atoms with Gasteiger partial charge in [0.1, 0.15) is 10.6 Å². The van der Waals surface area contributed by atoms with E-state index in [1.165, 1.54) is 35.5 Å². The van der Waals surface area contributed by atoms with Gasteiger partial charge in [-0.1, -0.05) is 38.5 Å². The average molecular weight is 510 g/mol. The van der Waals surface area contributed by atoms with E-state index >= 15 is 0 Å². The zero-order valence-corrected chi connectivity index (χ0v) is 21.9. The Morgan fingerprint density at radius 2 is 1.86 bits per heavy atom. The van der Waals surface area contributed by atoms with Gasteiger partial charge in [-0.05, 0) is 62.3 Å². The number of aromatic carboxylic acids is 1. The van der Waals surface area contributed by atoms with Crippen LogP contribution in [0.5, 0.6) is 0 Å². The Hall–Kier alpha value is -2.97. The van der Waals surface area contributed by atoms with Crippen LogP contribution >= 0.6 is 22.7 Å². The van der Waals surface area contributed by atoms with Crippen molar-refractivity contribution >= 4 is 45.9 Å². The number of allylic oxidation sites excluding steroid dienone is 1. The second-order valence-corrected chi connectivity index (χ2v) is 11.2. The molecule has 6 nitrogen and oxygen atoms in total. The summed E-state index contributed by atoms with van der Waals surface area (Å²) >= 11 is 2.64. The van der Waals surface area contributed by atoms with E-state index < -0.39 is 5.97 Å². The minimum atomic E-state index is -0.931. The summed E-state index contributed by atoms with van der Waals surface area (Å²) in [6, 6.07) is 9.49. The third-order valence-corrected chi connectivity index (χ3v) is 8.32. The number of hydrogen-bond acceptors (Lipinski definition) is 6. The number of hydrogen-bond donors (Lipinski definition) is 2. The van der Waals surface area contributed by atoms with Crippen molar-refractivity contribution in [3.8, 4) is 10.4 Å². The third kappa shape index (κ3) is 5.65. The molecule has 0 atom stereocenters. The van der Waals surface area contributed by atoms with Crippen molar-refractivity contribution in [1.29, 1.82) is 0 Å². The molecule has 0 aliphatic heterocycles. The Balaban J connectivity index is 1.59. The standard InChI is InChI=1S/C27H31N3O3S2/c1-16(2)30(18(4)19-7-5-17(3)6-8-19)23-13-24(35-25(23)27(32)33)20-9-11-21(12-10-20)29-26(31)22-14-34-15-28-22/h9-17,19H,4-8H2,1-3H3,(H,29,31)(H,32,33)/t17-,19-. The zero-order valence-electron chi connectivity index (χ0n) is 20.3. The number of rotatable bonds is 8. The molecule has 2 heterocycles. The maximum atomic E-state index is 12.3. The number of nitrogens with zero attached hydrogens (tertiary/aromatic N) is 2. The number of carbonyl (C=O) groups is 2. The molecule has 1 aromatic carbocycles. The molecule has 3 aromatic rings. The van der Waals surface area contributed by atoms with Crippen LogP contribution in [0, 0.1) is 11.8 Å². The predicted molar refractivity (Wildman–Crippen MR) is 145 cm³/mol. The van der Waals surface area contributed by atoms with Gasteiger partial charge in [0.05, 0.1) is 11.2 Å². The predicted octanol–water partition coefficient (Wildman–Crippen LogP) is 7.38. The molecule has 2 aromatic heterocycles. The summed E-state index contributed by atoms with van der Waals surface area (Å²) in [5.74, 6) is -0.0739. The van der Waals surface area contributed by atoms with Crippen LogP contribution in [0.1, 0.15) is 66.6 Å². The molecule has 0 unspecified atom stereocenters. The van der Waals surface area contributed by atoms with Gasteiger partial charge in [-0.25, -0.2) is 9.78 Å². The molecule has 1 amide bonds. The molecular weight excluding hydrogens is 478 g/mol. The van der Waals surface area contributed by atoms with Crippen LogP contribution in [0.2, 0.25) is 0 Å². The summed E-state index contributed by atoms with van der Waals surface area (Å²) in [6.07, 6.45) is 4.55. The number of nitrogens with one attached hydrogen (secondary N) is 1. The van der Waals surface area contributed by atoms with E-state index in [4.69, 9.17) is 0 Å². The van der Waals surface area contributed by atoms with Crippen LogP contribution in [-0.2, 0) is 0 Å². The second kappa shape index (κ2) is 10.7. The fourth-order valence-electron chi connectivity index (χ4n) is 4.65. The topological polar surface area (TPSA) is 82.5 Å². The minimum Gasteiger partial charge on any atom is -0.477 e. The number of carboxylic acid groups (broad SMARTS) is 1. The second-order valence-electron chi connectivity index (χ2n) is 9.45. The summed E-state index contributed by atoms with van der Waals surface area (Å²) in [5, 5.41) is 14.6. The number of carbonyl (C=O) groups excluding carboxylic acids is 1. The molecule has 1 aliphatic carbocycles. The van der Waals surface area contributed by atoms with Crippen LogP contribution in [0.15, 0.2) is 53.5 Å². The first kappa shape index (κ1) is 25.1. The van der Waals surface area contributed by atoms with Gasteiger partial charge in [0, 0.05) is 27.7 Å². The summed E-state index contributed by atoms with van der Waals surface area (Å²) in [7, 11) is 0. The number of thiazole rings is 1. The third-order valence-electron chi connectivity index (χ3n) is 6.57. The molecule has 35 heavy (non-hydrogen) atoms. The lowest BCUT2D eigenvalue weighted by atomic mass is 9.81. The molecule has 1 aliphatic rings. The SMILES string of the molecule is C=C([C@H]1CC[C@H](C)CC1)N(c1cc(-c2ccc(NC(=O)c3cscn3)cc2)sc1C(=O)O)C(C)C. The molecular formula is C27H31N3O3S2. The molecule has 8 heteroatoms. The molecule has 2 N–H and O–H groups in total. The van der Waals surface area contributed by atoms with Gasteiger partial charge in [0.15, 0.2) is 0 Å². The maximum Gasteiger partial charge on any atom is 0.348 e. The number of thiophene rings is 1. The fraction of sp³-hybridized carbons (Fsp3) is 0.370. The first-order chi connectivity index (χ1) is 16.7. The Morgan fingerprint density at radius 3 is 2.43 bits per heavy atom. The van der Waals surface area contributed by atoms with Gasteiger partial charge in [-0.2, -0.15) is 0 Å². The van der Waals surface area contributed by atoms with Crippen LogP contribution < -0.4 is 10.2 Å². The van der Waals surface area contributed by atoms with E-state index in [1.807, 2.05) is 30.3 Å². The Kier molecular flexibility index (Phi) is 7.72. The summed E-state index contributed by atoms with van der Waals surface area (Å²) in [6.45, 7) is 10.9. The van der Waals surface area contributed by atoms with Crippen molar-refractivity contribution in [3.05, 3.63) is 64.1 Å². The van der Waals surface area contributed by atoms with Gasteiger partial charge < -0.3 is 15.3 Å². The largest absolute Gasteiger partial charge is 0.477 e. The van der Waals surface area contributed by atoms with Gasteiger partial charge in [0.2, 0.25) is 0 Å². The lowest BCUT2D eigenvalue weighted by Gasteiger charge is -2.37. The minimum absolute atomic E-state index is 0.0886. The molecule has 0 bridgehead atoms. The summed E-state index contributed by atoms with van der Waals surface area (Å²) < 4.78 is 0. The molecule has 4 rings (SSSR count). The quantitative estimate of drug-likeness (QED) is 0.331. The number of amides is 1. The highest BCUT2D eigenvalue weighted by Crippen LogP contribution is 2.42. The van der Waals surface area contributed by atoms with E-state index in [9.17, 15) is 14.7 Å². The molecule has 1 fully saturated rings. The van der Waals surface area contributed by atoms with E-state index in [0.29, 0.717) is 27.9 Å². The number of carboxylic acids is 1. The average Bonchev–Trinajstić information content (AvgIpc) is 3.51. The van der Waals surface area contributed by atoms with Gasteiger partial charge in [-0.3, -0.25) is 4.79 Å². The van der Waals surface area contributed by atoms with Gasteiger partial charge >= 0.3 is 5.97 Å². The summed E-state index contributed by atoms with van der Waals surface area (Å²) in [5.41, 5.74) is 5.28. The van der Waals surface area contributed by atoms with Crippen LogP contribution in [0.4, 0.5) is 11.4 Å². The fourth-order valence-corrected chi connectivity index (χ4v) is 6.17. The van der Waals surface area contributed by atoms with Crippen molar-refractivity contribution in [2.24, 2.45) is 11.8 Å².